The third-order valence-electron chi connectivity index (χ3n) is 2.51. The largest absolute Gasteiger partial charge is 0.423 e. The van der Waals surface area contributed by atoms with Crippen LogP contribution >= 0.6 is 11.6 Å². The molecule has 3 heteroatoms. The molecule has 0 saturated carbocycles. The SMILES string of the molecule is CCCCCCC(Cl)=CC(=O)Oc1ccccc1. The molecule has 0 N–H and O–H groups in total. The molecule has 98 valence electrons. The van der Waals surface area contributed by atoms with E-state index >= 15 is 0 Å². The molecule has 0 aliphatic heterocycles. The fourth-order valence-electron chi connectivity index (χ4n) is 1.55. The summed E-state index contributed by atoms with van der Waals surface area (Å²) in [6, 6.07) is 8.98. The molecule has 0 amide bonds. The molecule has 0 heterocycles. The van der Waals surface area contributed by atoms with Crippen LogP contribution in [0.4, 0.5) is 0 Å². The lowest BCUT2D eigenvalue weighted by Crippen LogP contribution is -2.04. The van der Waals surface area contributed by atoms with Gasteiger partial charge in [-0.15, -0.1) is 0 Å². The number of hydrogen-bond donors (Lipinski definition) is 0. The van der Waals surface area contributed by atoms with E-state index in [9.17, 15) is 4.79 Å². The topological polar surface area (TPSA) is 26.3 Å². The molecule has 0 aliphatic rings. The Morgan fingerprint density at radius 1 is 1.22 bits per heavy atom. The molecule has 0 bridgehead atoms. The maximum Gasteiger partial charge on any atom is 0.337 e. The second-order valence-corrected chi connectivity index (χ2v) is 4.62. The number of esters is 1. The molecular weight excluding hydrogens is 248 g/mol. The highest BCUT2D eigenvalue weighted by Crippen LogP contribution is 2.15. The van der Waals surface area contributed by atoms with Crippen LogP contribution in [0, 0.1) is 0 Å². The maximum atomic E-state index is 11.5. The molecule has 18 heavy (non-hydrogen) atoms. The van der Waals surface area contributed by atoms with E-state index in [1.54, 1.807) is 12.1 Å². The molecule has 0 aliphatic carbocycles. The second kappa shape index (κ2) is 8.76. The second-order valence-electron chi connectivity index (χ2n) is 4.14. The first-order valence-corrected chi connectivity index (χ1v) is 6.73. The Hall–Kier alpha value is -1.28. The van der Waals surface area contributed by atoms with Crippen LogP contribution in [0.3, 0.4) is 0 Å². The number of ether oxygens (including phenoxy) is 1. The molecule has 2 nitrogen and oxygen atoms in total. The van der Waals surface area contributed by atoms with Crippen LogP contribution in [-0.4, -0.2) is 5.97 Å². The number of rotatable bonds is 7. The number of unbranched alkanes of at least 4 members (excludes halogenated alkanes) is 3. The van der Waals surface area contributed by atoms with Gasteiger partial charge in [-0.05, 0) is 25.0 Å². The Kier molecular flexibility index (Phi) is 7.19. The number of hydrogen-bond acceptors (Lipinski definition) is 2. The number of carbonyl (C=O) groups excluding carboxylic acids is 1. The summed E-state index contributed by atoms with van der Waals surface area (Å²) in [5.41, 5.74) is 0. The van der Waals surface area contributed by atoms with Crippen LogP contribution in [0.15, 0.2) is 41.4 Å². The van der Waals surface area contributed by atoms with Gasteiger partial charge < -0.3 is 4.74 Å². The van der Waals surface area contributed by atoms with Crippen LogP contribution in [0.25, 0.3) is 0 Å². The fraction of sp³-hybridized carbons (Fsp3) is 0.400. The van der Waals surface area contributed by atoms with Crippen molar-refractivity contribution in [2.45, 2.75) is 39.0 Å². The van der Waals surface area contributed by atoms with E-state index in [2.05, 4.69) is 6.92 Å². The quantitative estimate of drug-likeness (QED) is 0.310. The van der Waals surface area contributed by atoms with Crippen molar-refractivity contribution in [2.24, 2.45) is 0 Å². The van der Waals surface area contributed by atoms with Gasteiger partial charge >= 0.3 is 5.97 Å². The number of carbonyl (C=O) groups is 1. The zero-order valence-corrected chi connectivity index (χ0v) is 11.5. The van der Waals surface area contributed by atoms with Crippen LogP contribution in [0.2, 0.25) is 0 Å². The molecule has 1 aromatic rings. The highest BCUT2D eigenvalue weighted by Gasteiger charge is 2.02. The average Bonchev–Trinajstić information content (AvgIpc) is 2.35. The van der Waals surface area contributed by atoms with Crippen molar-refractivity contribution in [1.82, 2.24) is 0 Å². The van der Waals surface area contributed by atoms with Crippen molar-refractivity contribution in [2.75, 3.05) is 0 Å². The van der Waals surface area contributed by atoms with Crippen molar-refractivity contribution in [3.63, 3.8) is 0 Å². The summed E-state index contributed by atoms with van der Waals surface area (Å²) in [4.78, 5) is 11.5. The summed E-state index contributed by atoms with van der Waals surface area (Å²) in [7, 11) is 0. The van der Waals surface area contributed by atoms with Crippen molar-refractivity contribution < 1.29 is 9.53 Å². The third-order valence-corrected chi connectivity index (χ3v) is 2.80. The van der Waals surface area contributed by atoms with E-state index in [-0.39, 0.29) is 0 Å². The Balaban J connectivity index is 2.33. The molecule has 1 aromatic carbocycles. The van der Waals surface area contributed by atoms with Gasteiger partial charge in [0, 0.05) is 11.1 Å². The summed E-state index contributed by atoms with van der Waals surface area (Å²) in [6.45, 7) is 2.16. The van der Waals surface area contributed by atoms with E-state index in [0.29, 0.717) is 10.8 Å². The van der Waals surface area contributed by atoms with Gasteiger partial charge in [0.1, 0.15) is 5.75 Å². The van der Waals surface area contributed by atoms with Crippen LogP contribution < -0.4 is 4.74 Å². The summed E-state index contributed by atoms with van der Waals surface area (Å²) >= 11 is 5.98. The normalized spacial score (nSPS) is 11.3. The number of allylic oxidation sites excluding steroid dienone is 1. The van der Waals surface area contributed by atoms with E-state index in [1.807, 2.05) is 18.2 Å². The summed E-state index contributed by atoms with van der Waals surface area (Å²) in [5.74, 6) is 0.121. The van der Waals surface area contributed by atoms with Crippen molar-refractivity contribution in [3.8, 4) is 5.75 Å². The first kappa shape index (κ1) is 14.8. The van der Waals surface area contributed by atoms with E-state index in [1.165, 1.54) is 18.9 Å². The summed E-state index contributed by atoms with van der Waals surface area (Å²) in [6.07, 6.45) is 6.66. The predicted molar refractivity (Wildman–Crippen MR) is 74.8 cm³/mol. The first-order valence-electron chi connectivity index (χ1n) is 6.35. The molecule has 0 aromatic heterocycles. The smallest absolute Gasteiger partial charge is 0.337 e. The number of halogens is 1. The lowest BCUT2D eigenvalue weighted by atomic mass is 10.1. The molecule has 0 fully saturated rings. The molecular formula is C15H19ClO2. The molecule has 0 atom stereocenters. The van der Waals surface area contributed by atoms with E-state index in [0.717, 1.165) is 19.3 Å². The van der Waals surface area contributed by atoms with Crippen molar-refractivity contribution in [3.05, 3.63) is 41.4 Å². The van der Waals surface area contributed by atoms with Crippen molar-refractivity contribution in [1.29, 1.82) is 0 Å². The molecule has 0 unspecified atom stereocenters. The molecule has 0 saturated heterocycles. The van der Waals surface area contributed by atoms with Gasteiger partial charge in [0.2, 0.25) is 0 Å². The maximum absolute atomic E-state index is 11.5. The Morgan fingerprint density at radius 2 is 1.94 bits per heavy atom. The fourth-order valence-corrected chi connectivity index (χ4v) is 1.78. The van der Waals surface area contributed by atoms with Crippen molar-refractivity contribution >= 4 is 17.6 Å². The van der Waals surface area contributed by atoms with Gasteiger partial charge in [-0.25, -0.2) is 4.79 Å². The Bertz CT molecular complexity index is 385. The van der Waals surface area contributed by atoms with Crippen LogP contribution in [0.1, 0.15) is 39.0 Å². The van der Waals surface area contributed by atoms with Crippen LogP contribution in [0.5, 0.6) is 5.75 Å². The first-order chi connectivity index (χ1) is 8.72. The van der Waals surface area contributed by atoms with Gasteiger partial charge in [-0.2, -0.15) is 0 Å². The monoisotopic (exact) mass is 266 g/mol. The Labute approximate surface area is 114 Å². The highest BCUT2D eigenvalue weighted by atomic mass is 35.5. The van der Waals surface area contributed by atoms with Gasteiger partial charge in [0.05, 0.1) is 0 Å². The molecule has 1 rings (SSSR count). The zero-order valence-electron chi connectivity index (χ0n) is 10.7. The predicted octanol–water partition coefficient (Wildman–Crippen LogP) is 4.69. The van der Waals surface area contributed by atoms with Gasteiger partial charge in [-0.3, -0.25) is 0 Å². The highest BCUT2D eigenvalue weighted by molar-refractivity contribution is 6.30. The molecule has 0 spiro atoms. The summed E-state index contributed by atoms with van der Waals surface area (Å²) < 4.78 is 5.11. The van der Waals surface area contributed by atoms with Gasteiger partial charge in [0.25, 0.3) is 0 Å². The number of para-hydroxylation sites is 1. The lowest BCUT2D eigenvalue weighted by Gasteiger charge is -2.02. The zero-order chi connectivity index (χ0) is 13.2. The molecule has 0 radical (unpaired) electrons. The number of benzene rings is 1. The minimum Gasteiger partial charge on any atom is -0.423 e. The van der Waals surface area contributed by atoms with E-state index in [4.69, 9.17) is 16.3 Å². The lowest BCUT2D eigenvalue weighted by molar-refractivity contribution is -0.129. The summed E-state index contributed by atoms with van der Waals surface area (Å²) in [5, 5.41) is 0.562. The van der Waals surface area contributed by atoms with Gasteiger partial charge in [-0.1, -0.05) is 56.0 Å². The van der Waals surface area contributed by atoms with Crippen LogP contribution in [-0.2, 0) is 4.79 Å². The third kappa shape index (κ3) is 6.45. The standard InChI is InChI=1S/C15H19ClO2/c1-2-3-4-6-9-13(16)12-15(17)18-14-10-7-5-8-11-14/h5,7-8,10-12H,2-4,6,9H2,1H3. The van der Waals surface area contributed by atoms with E-state index < -0.39 is 5.97 Å². The van der Waals surface area contributed by atoms with Gasteiger partial charge in [0.15, 0.2) is 0 Å². The average molecular weight is 267 g/mol. The Morgan fingerprint density at radius 3 is 2.61 bits per heavy atom. The minimum atomic E-state index is -0.415. The minimum absolute atomic E-state index is 0.415.